The van der Waals surface area contributed by atoms with E-state index in [1.807, 2.05) is 30.3 Å². The van der Waals surface area contributed by atoms with Crippen LogP contribution in [0.15, 0.2) is 72.8 Å². The molecule has 0 spiro atoms. The van der Waals surface area contributed by atoms with Crippen molar-refractivity contribution in [1.82, 2.24) is 9.88 Å². The van der Waals surface area contributed by atoms with Crippen LogP contribution in [0.1, 0.15) is 29.2 Å². The molecule has 0 radical (unpaired) electrons. The van der Waals surface area contributed by atoms with Crippen LogP contribution in [0.25, 0.3) is 10.9 Å². The lowest BCUT2D eigenvalue weighted by molar-refractivity contribution is -0.134. The molecule has 150 valence electrons. The van der Waals surface area contributed by atoms with E-state index in [0.29, 0.717) is 24.9 Å². The summed E-state index contributed by atoms with van der Waals surface area (Å²) in [5, 5.41) is 1.11. The molecule has 4 bridgehead atoms. The minimum absolute atomic E-state index is 0.114. The van der Waals surface area contributed by atoms with Gasteiger partial charge in [-0.25, -0.2) is 0 Å². The lowest BCUT2D eigenvalue weighted by Gasteiger charge is -2.47. The van der Waals surface area contributed by atoms with Gasteiger partial charge in [-0.2, -0.15) is 0 Å². The molecule has 4 nitrogen and oxygen atoms in total. The molecule has 3 aliphatic heterocycles. The normalized spacial score (nSPS) is 24.4. The van der Waals surface area contributed by atoms with E-state index in [9.17, 15) is 4.79 Å². The molecule has 3 atom stereocenters. The molecule has 1 aliphatic carbocycles. The number of carbonyl (C=O) groups excluding carboxylic acids is 1. The zero-order chi connectivity index (χ0) is 20.2. The molecule has 1 amide bonds. The third kappa shape index (κ3) is 2.63. The van der Waals surface area contributed by atoms with Crippen molar-refractivity contribution in [3.05, 3.63) is 89.7 Å². The maximum absolute atomic E-state index is 13.2. The van der Waals surface area contributed by atoms with Crippen LogP contribution in [0, 0.1) is 5.92 Å². The third-order valence-corrected chi connectivity index (χ3v) is 6.89. The van der Waals surface area contributed by atoms with Crippen LogP contribution in [-0.2, 0) is 17.8 Å². The van der Waals surface area contributed by atoms with Gasteiger partial charge in [0.25, 0.3) is 0 Å². The fourth-order valence-corrected chi connectivity index (χ4v) is 5.58. The van der Waals surface area contributed by atoms with Gasteiger partial charge < -0.3 is 14.6 Å². The van der Waals surface area contributed by atoms with Crippen LogP contribution in [0.4, 0.5) is 0 Å². The number of aromatic amines is 1. The number of piperidine rings is 1. The van der Waals surface area contributed by atoms with Crippen molar-refractivity contribution in [2.24, 2.45) is 5.92 Å². The van der Waals surface area contributed by atoms with Gasteiger partial charge in [0, 0.05) is 29.1 Å². The Morgan fingerprint density at radius 3 is 2.90 bits per heavy atom. The first-order valence-corrected chi connectivity index (χ1v) is 10.7. The maximum Gasteiger partial charge on any atom is 0.227 e. The van der Waals surface area contributed by atoms with E-state index in [0.717, 1.165) is 40.7 Å². The fraction of sp³-hybridized carbons (Fsp3) is 0.269. The van der Waals surface area contributed by atoms with Gasteiger partial charge >= 0.3 is 0 Å². The zero-order valence-corrected chi connectivity index (χ0v) is 16.8. The number of amides is 1. The second-order valence-electron chi connectivity index (χ2n) is 8.64. The summed E-state index contributed by atoms with van der Waals surface area (Å²) in [7, 11) is 0. The monoisotopic (exact) mass is 396 g/mol. The lowest BCUT2D eigenvalue weighted by Crippen LogP contribution is -2.53. The zero-order valence-electron chi connectivity index (χ0n) is 16.8. The Morgan fingerprint density at radius 2 is 2.07 bits per heavy atom. The van der Waals surface area contributed by atoms with E-state index in [-0.39, 0.29) is 11.9 Å². The summed E-state index contributed by atoms with van der Waals surface area (Å²) in [6, 6.07) is 16.5. The van der Waals surface area contributed by atoms with Crippen molar-refractivity contribution >= 4 is 16.8 Å². The molecule has 4 heterocycles. The highest BCUT2D eigenvalue weighted by Crippen LogP contribution is 2.48. The average molecular weight is 396 g/mol. The molecule has 7 rings (SSSR count). The molecule has 0 saturated carbocycles. The molecule has 4 heteroatoms. The van der Waals surface area contributed by atoms with Crippen LogP contribution in [0.3, 0.4) is 0 Å². The summed E-state index contributed by atoms with van der Waals surface area (Å²) in [4.78, 5) is 19.0. The van der Waals surface area contributed by atoms with Gasteiger partial charge in [-0.3, -0.25) is 4.79 Å². The van der Waals surface area contributed by atoms with Crippen molar-refractivity contribution < 1.29 is 9.53 Å². The summed E-state index contributed by atoms with van der Waals surface area (Å²) >= 11 is 0. The fourth-order valence-electron chi connectivity index (χ4n) is 5.58. The van der Waals surface area contributed by atoms with Gasteiger partial charge in [-0.15, -0.1) is 0 Å². The van der Waals surface area contributed by atoms with E-state index in [2.05, 4.69) is 46.8 Å². The predicted octanol–water partition coefficient (Wildman–Crippen LogP) is 4.73. The molecule has 1 fully saturated rings. The quantitative estimate of drug-likeness (QED) is 0.693. The van der Waals surface area contributed by atoms with Gasteiger partial charge in [-0.05, 0) is 47.2 Å². The van der Waals surface area contributed by atoms with Gasteiger partial charge in [-0.1, -0.05) is 49.1 Å². The largest absolute Gasteiger partial charge is 0.489 e. The van der Waals surface area contributed by atoms with E-state index in [4.69, 9.17) is 4.74 Å². The highest BCUT2D eigenvalue weighted by atomic mass is 16.5. The molecule has 4 aliphatic rings. The number of hydrogen-bond acceptors (Lipinski definition) is 2. The van der Waals surface area contributed by atoms with Gasteiger partial charge in [0.05, 0.1) is 12.5 Å². The third-order valence-electron chi connectivity index (χ3n) is 6.89. The summed E-state index contributed by atoms with van der Waals surface area (Å²) in [6.45, 7) is 5.38. The Kier molecular flexibility index (Phi) is 3.88. The van der Waals surface area contributed by atoms with E-state index in [1.54, 1.807) is 0 Å². The number of nitrogens with zero attached hydrogens (tertiary/aromatic N) is 1. The first kappa shape index (κ1) is 17.6. The molecular formula is C26H24N2O2. The van der Waals surface area contributed by atoms with E-state index < -0.39 is 0 Å². The second kappa shape index (κ2) is 6.63. The van der Waals surface area contributed by atoms with Gasteiger partial charge in [0.15, 0.2) is 0 Å². The minimum atomic E-state index is 0.114. The summed E-state index contributed by atoms with van der Waals surface area (Å²) in [6.07, 6.45) is 5.79. The van der Waals surface area contributed by atoms with Crippen LogP contribution in [-0.4, -0.2) is 28.4 Å². The molecule has 1 N–H and O–H groups in total. The predicted molar refractivity (Wildman–Crippen MR) is 117 cm³/mol. The van der Waals surface area contributed by atoms with Crippen LogP contribution in [0.5, 0.6) is 5.75 Å². The number of hydrogen-bond donors (Lipinski definition) is 1. The number of aromatic nitrogens is 1. The summed E-state index contributed by atoms with van der Waals surface area (Å²) in [5.41, 5.74) is 5.79. The summed E-state index contributed by atoms with van der Waals surface area (Å²) < 4.78 is 6.06. The standard InChI is InChI=1S/C26H24N2O2/c1-2-18-10-17-11-22-25-21(13-24(29)28(14-17)26(18)22)20-12-19(8-9-23(20)27-25)30-15-16-6-4-3-5-7-16/h2-10,12,17,22,26-27H,1,11,13-15H2. The highest BCUT2D eigenvalue weighted by Gasteiger charge is 2.47. The number of fused-ring (bicyclic) bond motifs is 3. The Labute approximate surface area is 175 Å². The van der Waals surface area contributed by atoms with Crippen LogP contribution < -0.4 is 4.74 Å². The summed E-state index contributed by atoms with van der Waals surface area (Å²) in [5.74, 6) is 1.78. The van der Waals surface area contributed by atoms with Crippen LogP contribution >= 0.6 is 0 Å². The number of nitrogens with one attached hydrogen (secondary N) is 1. The van der Waals surface area contributed by atoms with Crippen molar-refractivity contribution in [1.29, 1.82) is 0 Å². The van der Waals surface area contributed by atoms with Gasteiger partial charge in [0.1, 0.15) is 12.4 Å². The Morgan fingerprint density at radius 1 is 1.20 bits per heavy atom. The molecule has 3 unspecified atom stereocenters. The molecular weight excluding hydrogens is 372 g/mol. The second-order valence-corrected chi connectivity index (χ2v) is 8.64. The van der Waals surface area contributed by atoms with Crippen LogP contribution in [0.2, 0.25) is 0 Å². The molecule has 1 saturated heterocycles. The topological polar surface area (TPSA) is 45.3 Å². The first-order chi connectivity index (χ1) is 14.7. The minimum Gasteiger partial charge on any atom is -0.489 e. The lowest BCUT2D eigenvalue weighted by atomic mass is 9.72. The van der Waals surface area contributed by atoms with Crippen molar-refractivity contribution in [2.75, 3.05) is 6.54 Å². The van der Waals surface area contributed by atoms with Crippen molar-refractivity contribution in [3.63, 3.8) is 0 Å². The highest BCUT2D eigenvalue weighted by molar-refractivity contribution is 5.92. The molecule has 30 heavy (non-hydrogen) atoms. The number of rotatable bonds is 4. The number of H-pyrrole nitrogens is 1. The molecule has 3 aromatic rings. The van der Waals surface area contributed by atoms with Crippen molar-refractivity contribution in [3.8, 4) is 5.75 Å². The maximum atomic E-state index is 13.2. The van der Waals surface area contributed by atoms with E-state index in [1.165, 1.54) is 11.3 Å². The molecule has 2 aromatic carbocycles. The molecule has 1 aromatic heterocycles. The Hall–Kier alpha value is -3.27. The smallest absolute Gasteiger partial charge is 0.227 e. The SMILES string of the molecule is C=CC1=CC2CC3c4[nH]c5ccc(OCc6ccccc6)cc5c4CC(=O)N(C2)C13. The van der Waals surface area contributed by atoms with E-state index >= 15 is 0 Å². The average Bonchev–Trinajstić information content (AvgIpc) is 3.12. The first-order valence-electron chi connectivity index (χ1n) is 10.7. The van der Waals surface area contributed by atoms with Gasteiger partial charge in [0.2, 0.25) is 5.91 Å². The number of ether oxygens (including phenoxy) is 1. The number of benzene rings is 2. The number of carbonyl (C=O) groups is 1. The Balaban J connectivity index is 1.39. The Bertz CT molecular complexity index is 1190. The van der Waals surface area contributed by atoms with Crippen molar-refractivity contribution in [2.45, 2.75) is 31.4 Å².